The molecule has 0 amide bonds. The van der Waals surface area contributed by atoms with Crippen LogP contribution in [-0.4, -0.2) is 36.6 Å². The minimum absolute atomic E-state index is 0.788. The van der Waals surface area contributed by atoms with Crippen LogP contribution in [0.25, 0.3) is 0 Å². The van der Waals surface area contributed by atoms with Crippen molar-refractivity contribution < 1.29 is 0 Å². The van der Waals surface area contributed by atoms with E-state index in [0.29, 0.717) is 0 Å². The molecule has 1 aliphatic heterocycles. The average Bonchev–Trinajstić information content (AvgIpc) is 2.86. The van der Waals surface area contributed by atoms with E-state index in [2.05, 4.69) is 17.1 Å². The van der Waals surface area contributed by atoms with Crippen LogP contribution in [0.1, 0.15) is 45.4 Å². The van der Waals surface area contributed by atoms with Crippen molar-refractivity contribution >= 4 is 0 Å². The summed E-state index contributed by atoms with van der Waals surface area (Å²) in [7, 11) is 0. The Bertz CT molecular complexity index is 158. The second-order valence-corrected chi connectivity index (χ2v) is 4.82. The molecule has 2 aliphatic rings. The lowest BCUT2D eigenvalue weighted by atomic mass is 10.1. The van der Waals surface area contributed by atoms with Crippen LogP contribution in [0, 0.1) is 0 Å². The SMILES string of the molecule is CCN(CC1CCCN1)C1CCCC1. The molecule has 1 N–H and O–H groups in total. The first-order chi connectivity index (χ1) is 6.90. The van der Waals surface area contributed by atoms with E-state index in [1.165, 1.54) is 58.2 Å². The minimum atomic E-state index is 0.788. The van der Waals surface area contributed by atoms with Gasteiger partial charge in [-0.1, -0.05) is 19.8 Å². The number of nitrogens with one attached hydrogen (secondary N) is 1. The van der Waals surface area contributed by atoms with Crippen LogP contribution in [0.15, 0.2) is 0 Å². The van der Waals surface area contributed by atoms with Crippen LogP contribution in [0.2, 0.25) is 0 Å². The smallest absolute Gasteiger partial charge is 0.0195 e. The maximum absolute atomic E-state index is 3.60. The zero-order valence-corrected chi connectivity index (χ0v) is 9.47. The minimum Gasteiger partial charge on any atom is -0.313 e. The Kier molecular flexibility index (Phi) is 3.82. The number of hydrogen-bond acceptors (Lipinski definition) is 2. The van der Waals surface area contributed by atoms with Crippen LogP contribution >= 0.6 is 0 Å². The number of likely N-dealkylation sites (N-methyl/N-ethyl adjacent to an activating group) is 1. The molecule has 2 rings (SSSR count). The van der Waals surface area contributed by atoms with Crippen molar-refractivity contribution in [3.63, 3.8) is 0 Å². The zero-order chi connectivity index (χ0) is 9.80. The summed E-state index contributed by atoms with van der Waals surface area (Å²) in [5.74, 6) is 0. The molecule has 1 unspecified atom stereocenters. The van der Waals surface area contributed by atoms with Gasteiger partial charge in [-0.15, -0.1) is 0 Å². The third-order valence-corrected chi connectivity index (χ3v) is 3.86. The van der Waals surface area contributed by atoms with Gasteiger partial charge in [-0.25, -0.2) is 0 Å². The molecule has 0 bridgehead atoms. The largest absolute Gasteiger partial charge is 0.313 e. The molecule has 2 fully saturated rings. The van der Waals surface area contributed by atoms with Gasteiger partial charge in [0, 0.05) is 18.6 Å². The fourth-order valence-corrected chi connectivity index (χ4v) is 3.00. The second kappa shape index (κ2) is 5.13. The molecule has 1 aliphatic carbocycles. The summed E-state index contributed by atoms with van der Waals surface area (Å²) in [6.07, 6.45) is 8.58. The summed E-state index contributed by atoms with van der Waals surface area (Å²) in [6.45, 7) is 6.09. The van der Waals surface area contributed by atoms with Gasteiger partial charge in [-0.2, -0.15) is 0 Å². The predicted octanol–water partition coefficient (Wildman–Crippen LogP) is 2.00. The van der Waals surface area contributed by atoms with Crippen LogP contribution < -0.4 is 5.32 Å². The molecular weight excluding hydrogens is 172 g/mol. The molecule has 0 aromatic heterocycles. The van der Waals surface area contributed by atoms with E-state index < -0.39 is 0 Å². The molecular formula is C12H24N2. The fraction of sp³-hybridized carbons (Fsp3) is 1.00. The van der Waals surface area contributed by atoms with Crippen molar-refractivity contribution in [3.8, 4) is 0 Å². The van der Waals surface area contributed by atoms with Gasteiger partial charge in [0.25, 0.3) is 0 Å². The van der Waals surface area contributed by atoms with Crippen LogP contribution in [0.4, 0.5) is 0 Å². The maximum Gasteiger partial charge on any atom is 0.0195 e. The molecule has 1 heterocycles. The summed E-state index contributed by atoms with van der Waals surface area (Å²) in [4.78, 5) is 2.70. The summed E-state index contributed by atoms with van der Waals surface area (Å²) in [5.41, 5.74) is 0. The predicted molar refractivity (Wildman–Crippen MR) is 60.5 cm³/mol. The molecule has 0 aromatic rings. The Morgan fingerprint density at radius 2 is 1.93 bits per heavy atom. The molecule has 0 radical (unpaired) electrons. The van der Waals surface area contributed by atoms with Crippen molar-refractivity contribution in [2.24, 2.45) is 0 Å². The van der Waals surface area contributed by atoms with E-state index in [0.717, 1.165) is 12.1 Å². The number of rotatable bonds is 4. The van der Waals surface area contributed by atoms with Gasteiger partial charge < -0.3 is 5.32 Å². The Hall–Kier alpha value is -0.0800. The lowest BCUT2D eigenvalue weighted by molar-refractivity contribution is 0.191. The summed E-state index contributed by atoms with van der Waals surface area (Å²) in [6, 6.07) is 1.69. The Morgan fingerprint density at radius 1 is 1.14 bits per heavy atom. The monoisotopic (exact) mass is 196 g/mol. The molecule has 0 spiro atoms. The van der Waals surface area contributed by atoms with Crippen molar-refractivity contribution in [2.45, 2.75) is 57.5 Å². The van der Waals surface area contributed by atoms with Gasteiger partial charge >= 0.3 is 0 Å². The van der Waals surface area contributed by atoms with Gasteiger partial charge in [-0.3, -0.25) is 4.90 Å². The Balaban J connectivity index is 1.79. The first-order valence-corrected chi connectivity index (χ1v) is 6.37. The Labute approximate surface area is 88.1 Å². The highest BCUT2D eigenvalue weighted by molar-refractivity contribution is 4.83. The molecule has 14 heavy (non-hydrogen) atoms. The first kappa shape index (κ1) is 10.4. The normalized spacial score (nSPS) is 29.1. The highest BCUT2D eigenvalue weighted by atomic mass is 15.2. The van der Waals surface area contributed by atoms with E-state index >= 15 is 0 Å². The molecule has 0 aromatic carbocycles. The molecule has 2 nitrogen and oxygen atoms in total. The van der Waals surface area contributed by atoms with Crippen LogP contribution in [-0.2, 0) is 0 Å². The van der Waals surface area contributed by atoms with Crippen molar-refractivity contribution in [3.05, 3.63) is 0 Å². The van der Waals surface area contributed by atoms with Gasteiger partial charge in [0.05, 0.1) is 0 Å². The summed E-state index contributed by atoms with van der Waals surface area (Å²) < 4.78 is 0. The van der Waals surface area contributed by atoms with Gasteiger partial charge in [0.2, 0.25) is 0 Å². The van der Waals surface area contributed by atoms with Gasteiger partial charge in [0.1, 0.15) is 0 Å². The molecule has 2 heteroatoms. The number of nitrogens with zero attached hydrogens (tertiary/aromatic N) is 1. The quantitative estimate of drug-likeness (QED) is 0.740. The van der Waals surface area contributed by atoms with Crippen LogP contribution in [0.5, 0.6) is 0 Å². The lowest BCUT2D eigenvalue weighted by Crippen LogP contribution is -2.42. The van der Waals surface area contributed by atoms with E-state index in [1.54, 1.807) is 0 Å². The Morgan fingerprint density at radius 3 is 2.50 bits per heavy atom. The van der Waals surface area contributed by atoms with Crippen molar-refractivity contribution in [2.75, 3.05) is 19.6 Å². The highest BCUT2D eigenvalue weighted by Gasteiger charge is 2.24. The molecule has 82 valence electrons. The third-order valence-electron chi connectivity index (χ3n) is 3.86. The van der Waals surface area contributed by atoms with Crippen molar-refractivity contribution in [1.82, 2.24) is 10.2 Å². The van der Waals surface area contributed by atoms with Gasteiger partial charge in [0.15, 0.2) is 0 Å². The first-order valence-electron chi connectivity index (χ1n) is 6.37. The second-order valence-electron chi connectivity index (χ2n) is 4.82. The third kappa shape index (κ3) is 2.48. The summed E-state index contributed by atoms with van der Waals surface area (Å²) >= 11 is 0. The van der Waals surface area contributed by atoms with E-state index in [9.17, 15) is 0 Å². The van der Waals surface area contributed by atoms with E-state index in [1.807, 2.05) is 0 Å². The summed E-state index contributed by atoms with van der Waals surface area (Å²) in [5, 5.41) is 3.60. The van der Waals surface area contributed by atoms with E-state index in [4.69, 9.17) is 0 Å². The standard InChI is InChI=1S/C12H24N2/c1-2-14(12-7-3-4-8-12)10-11-6-5-9-13-11/h11-13H,2-10H2,1H3. The highest BCUT2D eigenvalue weighted by Crippen LogP contribution is 2.24. The zero-order valence-electron chi connectivity index (χ0n) is 9.47. The molecule has 1 saturated heterocycles. The topological polar surface area (TPSA) is 15.3 Å². The van der Waals surface area contributed by atoms with Crippen LogP contribution in [0.3, 0.4) is 0 Å². The average molecular weight is 196 g/mol. The maximum atomic E-state index is 3.60. The van der Waals surface area contributed by atoms with Crippen molar-refractivity contribution in [1.29, 1.82) is 0 Å². The van der Waals surface area contributed by atoms with Gasteiger partial charge in [-0.05, 0) is 38.8 Å². The van der Waals surface area contributed by atoms with E-state index in [-0.39, 0.29) is 0 Å². The lowest BCUT2D eigenvalue weighted by Gasteiger charge is -2.30. The number of hydrogen-bond donors (Lipinski definition) is 1. The fourth-order valence-electron chi connectivity index (χ4n) is 3.00. The molecule has 1 saturated carbocycles. The molecule has 1 atom stereocenters.